The second-order valence-corrected chi connectivity index (χ2v) is 8.54. The van der Waals surface area contributed by atoms with E-state index in [2.05, 4.69) is 20.4 Å². The molecule has 178 valence electrons. The first kappa shape index (κ1) is 22.6. The number of nitrogens with zero attached hydrogens (tertiary/aromatic N) is 3. The van der Waals surface area contributed by atoms with E-state index in [0.717, 1.165) is 24.5 Å². The van der Waals surface area contributed by atoms with Gasteiger partial charge in [-0.2, -0.15) is 0 Å². The molecule has 0 unspecified atom stereocenters. The lowest BCUT2D eigenvalue weighted by atomic mass is 10.1. The Bertz CT molecular complexity index is 1410. The number of hydrogen-bond acceptors (Lipinski definition) is 7. The van der Waals surface area contributed by atoms with Crippen molar-refractivity contribution < 1.29 is 13.9 Å². The summed E-state index contributed by atoms with van der Waals surface area (Å²) in [6.45, 7) is 2.01. The maximum Gasteiger partial charge on any atom is 0.349 e. The fourth-order valence-corrected chi connectivity index (χ4v) is 4.34. The lowest BCUT2D eigenvalue weighted by molar-refractivity contribution is 0.102. The molecule has 3 heterocycles. The fraction of sp³-hybridized carbons (Fsp3) is 0.259. The van der Waals surface area contributed by atoms with Crippen molar-refractivity contribution in [2.45, 2.75) is 25.7 Å². The summed E-state index contributed by atoms with van der Waals surface area (Å²) >= 11 is 0. The first-order valence-electron chi connectivity index (χ1n) is 11.7. The van der Waals surface area contributed by atoms with E-state index in [1.54, 1.807) is 30.3 Å². The Kier molecular flexibility index (Phi) is 6.43. The van der Waals surface area contributed by atoms with E-state index < -0.39 is 11.5 Å². The van der Waals surface area contributed by atoms with E-state index in [-0.39, 0.29) is 5.56 Å². The van der Waals surface area contributed by atoms with Crippen LogP contribution in [0.25, 0.3) is 22.2 Å². The van der Waals surface area contributed by atoms with Crippen LogP contribution in [0.3, 0.4) is 0 Å². The molecule has 1 saturated heterocycles. The molecule has 0 spiro atoms. The summed E-state index contributed by atoms with van der Waals surface area (Å²) in [4.78, 5) is 27.7. The summed E-state index contributed by atoms with van der Waals surface area (Å²) in [5.41, 5.74) is 1.55. The number of hydrogen-bond donors (Lipinski definition) is 1. The van der Waals surface area contributed by atoms with Crippen LogP contribution in [0, 0.1) is 0 Å². The highest BCUT2D eigenvalue weighted by Crippen LogP contribution is 2.26. The van der Waals surface area contributed by atoms with Crippen LogP contribution in [0.2, 0.25) is 0 Å². The van der Waals surface area contributed by atoms with E-state index in [4.69, 9.17) is 9.15 Å². The largest absolute Gasteiger partial charge is 0.493 e. The minimum Gasteiger partial charge on any atom is -0.493 e. The highest BCUT2D eigenvalue weighted by molar-refractivity contribution is 6.05. The van der Waals surface area contributed by atoms with Crippen LogP contribution in [0.5, 0.6) is 5.75 Å². The Balaban J connectivity index is 1.35. The fourth-order valence-electron chi connectivity index (χ4n) is 4.34. The second kappa shape index (κ2) is 9.97. The summed E-state index contributed by atoms with van der Waals surface area (Å²) in [6, 6.07) is 18.0. The topological polar surface area (TPSA) is 97.6 Å². The van der Waals surface area contributed by atoms with Crippen molar-refractivity contribution >= 4 is 28.4 Å². The first-order valence-corrected chi connectivity index (χ1v) is 11.7. The molecule has 35 heavy (non-hydrogen) atoms. The highest BCUT2D eigenvalue weighted by atomic mass is 16.5. The van der Waals surface area contributed by atoms with Crippen LogP contribution < -0.4 is 20.6 Å². The van der Waals surface area contributed by atoms with Gasteiger partial charge in [-0.3, -0.25) is 4.79 Å². The third kappa shape index (κ3) is 4.87. The molecule has 0 aliphatic carbocycles. The van der Waals surface area contributed by atoms with Gasteiger partial charge in [0.05, 0.1) is 12.8 Å². The number of para-hydroxylation sites is 1. The van der Waals surface area contributed by atoms with Crippen molar-refractivity contribution in [3.8, 4) is 17.0 Å². The molecular formula is C27H26N4O4. The molecule has 2 aromatic heterocycles. The summed E-state index contributed by atoms with van der Waals surface area (Å²) in [5.74, 6) is 0.769. The number of fused-ring (bicyclic) bond motifs is 1. The van der Waals surface area contributed by atoms with E-state index in [1.165, 1.54) is 38.9 Å². The van der Waals surface area contributed by atoms with Gasteiger partial charge in [-0.1, -0.05) is 37.1 Å². The SMILES string of the molecule is COc1cccc2cc(C(=O)Nc3cccc(-c4ccc(N5CCCCCC5)nn4)c3)c(=O)oc12. The quantitative estimate of drug-likeness (QED) is 0.415. The summed E-state index contributed by atoms with van der Waals surface area (Å²) < 4.78 is 10.6. The zero-order valence-electron chi connectivity index (χ0n) is 19.5. The van der Waals surface area contributed by atoms with Crippen molar-refractivity contribution in [2.24, 2.45) is 0 Å². The number of anilines is 2. The van der Waals surface area contributed by atoms with Gasteiger partial charge in [-0.05, 0) is 49.2 Å². The van der Waals surface area contributed by atoms with E-state index >= 15 is 0 Å². The molecular weight excluding hydrogens is 444 g/mol. The number of ether oxygens (including phenoxy) is 1. The van der Waals surface area contributed by atoms with Gasteiger partial charge in [0, 0.05) is 29.7 Å². The smallest absolute Gasteiger partial charge is 0.349 e. The van der Waals surface area contributed by atoms with Crippen LogP contribution in [0.15, 0.2) is 69.9 Å². The Hall–Kier alpha value is -4.20. The minimum atomic E-state index is -0.731. The van der Waals surface area contributed by atoms with Crippen LogP contribution in [0.1, 0.15) is 36.0 Å². The van der Waals surface area contributed by atoms with E-state index in [0.29, 0.717) is 28.1 Å². The third-order valence-electron chi connectivity index (χ3n) is 6.19. The van der Waals surface area contributed by atoms with Gasteiger partial charge >= 0.3 is 5.63 Å². The van der Waals surface area contributed by atoms with Gasteiger partial charge in [-0.25, -0.2) is 4.79 Å². The average Bonchev–Trinajstić information content (AvgIpc) is 3.18. The zero-order valence-corrected chi connectivity index (χ0v) is 19.5. The van der Waals surface area contributed by atoms with Crippen molar-refractivity contribution in [1.29, 1.82) is 0 Å². The number of benzene rings is 2. The second-order valence-electron chi connectivity index (χ2n) is 8.54. The van der Waals surface area contributed by atoms with Crippen molar-refractivity contribution in [3.05, 3.63) is 76.6 Å². The molecule has 1 fully saturated rings. The molecule has 0 saturated carbocycles. The number of nitrogens with one attached hydrogen (secondary N) is 1. The van der Waals surface area contributed by atoms with Crippen LogP contribution in [-0.2, 0) is 0 Å². The van der Waals surface area contributed by atoms with Crippen molar-refractivity contribution in [1.82, 2.24) is 10.2 Å². The number of amides is 1. The highest BCUT2D eigenvalue weighted by Gasteiger charge is 2.17. The van der Waals surface area contributed by atoms with Crippen molar-refractivity contribution in [3.63, 3.8) is 0 Å². The molecule has 4 aromatic rings. The Morgan fingerprint density at radius 1 is 0.971 bits per heavy atom. The van der Waals surface area contributed by atoms with Gasteiger partial charge in [-0.15, -0.1) is 10.2 Å². The molecule has 1 aliphatic heterocycles. The predicted octanol–water partition coefficient (Wildman–Crippen LogP) is 4.89. The molecule has 5 rings (SSSR count). The van der Waals surface area contributed by atoms with E-state index in [9.17, 15) is 9.59 Å². The van der Waals surface area contributed by atoms with Gasteiger partial charge < -0.3 is 19.4 Å². The monoisotopic (exact) mass is 470 g/mol. The molecule has 1 aliphatic rings. The predicted molar refractivity (Wildman–Crippen MR) is 135 cm³/mol. The van der Waals surface area contributed by atoms with Gasteiger partial charge in [0.2, 0.25) is 0 Å². The normalized spacial score (nSPS) is 13.9. The first-order chi connectivity index (χ1) is 17.1. The lowest BCUT2D eigenvalue weighted by Crippen LogP contribution is -2.25. The molecule has 2 aromatic carbocycles. The molecule has 8 heteroatoms. The Morgan fingerprint density at radius 3 is 2.51 bits per heavy atom. The minimum absolute atomic E-state index is 0.0854. The third-order valence-corrected chi connectivity index (χ3v) is 6.19. The van der Waals surface area contributed by atoms with E-state index in [1.807, 2.05) is 24.3 Å². The molecule has 1 amide bonds. The number of rotatable bonds is 5. The molecule has 8 nitrogen and oxygen atoms in total. The maximum absolute atomic E-state index is 12.9. The summed E-state index contributed by atoms with van der Waals surface area (Å²) in [7, 11) is 1.50. The van der Waals surface area contributed by atoms with Crippen molar-refractivity contribution in [2.75, 3.05) is 30.4 Å². The number of carbonyl (C=O) groups excluding carboxylic acids is 1. The standard InChI is InChI=1S/C27H26N4O4/c1-34-23-11-7-9-19-17-21(27(33)35-25(19)23)26(32)28-20-10-6-8-18(16-20)22-12-13-24(30-29-22)31-14-4-2-3-5-15-31/h6-13,16-17H,2-5,14-15H2,1H3,(H,28,32). The number of methoxy groups -OCH3 is 1. The van der Waals surface area contributed by atoms with Crippen LogP contribution in [0.4, 0.5) is 11.5 Å². The van der Waals surface area contributed by atoms with Gasteiger partial charge in [0.15, 0.2) is 17.2 Å². The number of aromatic nitrogens is 2. The Morgan fingerprint density at radius 2 is 1.77 bits per heavy atom. The molecule has 0 atom stereocenters. The summed E-state index contributed by atoms with van der Waals surface area (Å²) in [6.07, 6.45) is 4.87. The van der Waals surface area contributed by atoms with Crippen LogP contribution in [-0.4, -0.2) is 36.3 Å². The lowest BCUT2D eigenvalue weighted by Gasteiger charge is -2.20. The molecule has 1 N–H and O–H groups in total. The van der Waals surface area contributed by atoms with Gasteiger partial charge in [0.1, 0.15) is 5.56 Å². The van der Waals surface area contributed by atoms with Crippen LogP contribution >= 0.6 is 0 Å². The number of carbonyl (C=O) groups is 1. The molecule has 0 bridgehead atoms. The Labute approximate surface area is 202 Å². The summed E-state index contributed by atoms with van der Waals surface area (Å²) in [5, 5.41) is 12.2. The average molecular weight is 471 g/mol. The molecule has 0 radical (unpaired) electrons. The maximum atomic E-state index is 12.9. The van der Waals surface area contributed by atoms with Gasteiger partial charge in [0.25, 0.3) is 5.91 Å². The zero-order chi connectivity index (χ0) is 24.2.